The molecule has 0 fully saturated rings. The molecule has 0 unspecified atom stereocenters. The third-order valence-corrected chi connectivity index (χ3v) is 3.11. The van der Waals surface area contributed by atoms with E-state index in [1.807, 2.05) is 11.8 Å². The quantitative estimate of drug-likeness (QED) is 0.634. The van der Waals surface area contributed by atoms with Crippen molar-refractivity contribution in [3.8, 4) is 0 Å². The van der Waals surface area contributed by atoms with Gasteiger partial charge < -0.3 is 5.32 Å². The summed E-state index contributed by atoms with van der Waals surface area (Å²) in [5.41, 5.74) is 1.29. The van der Waals surface area contributed by atoms with Crippen molar-refractivity contribution in [3.63, 3.8) is 0 Å². The summed E-state index contributed by atoms with van der Waals surface area (Å²) in [6.07, 6.45) is 0. The number of thioether (sulfide) groups is 1. The molecule has 2 rings (SSSR count). The highest BCUT2D eigenvalue weighted by atomic mass is 32.2. The number of para-hydroxylation sites is 1. The van der Waals surface area contributed by atoms with Gasteiger partial charge in [-0.3, -0.25) is 0 Å². The van der Waals surface area contributed by atoms with Crippen LogP contribution < -0.4 is 5.32 Å². The van der Waals surface area contributed by atoms with E-state index in [9.17, 15) is 0 Å². The summed E-state index contributed by atoms with van der Waals surface area (Å²) in [4.78, 5) is 1.38. The van der Waals surface area contributed by atoms with E-state index in [2.05, 4.69) is 36.5 Å². The molecule has 1 aliphatic heterocycles. The molecule has 1 nitrogen and oxygen atoms in total. The van der Waals surface area contributed by atoms with Crippen LogP contribution in [0.4, 0.5) is 5.69 Å². The van der Waals surface area contributed by atoms with Gasteiger partial charge in [0.25, 0.3) is 0 Å². The second-order valence-electron chi connectivity index (χ2n) is 2.85. The maximum atomic E-state index is 3.44. The minimum atomic E-state index is 0.606. The highest BCUT2D eigenvalue weighted by molar-refractivity contribution is 7.99. The smallest absolute Gasteiger partial charge is 0.0480 e. The van der Waals surface area contributed by atoms with Crippen molar-refractivity contribution in [2.75, 3.05) is 11.1 Å². The van der Waals surface area contributed by atoms with Gasteiger partial charge in [-0.05, 0) is 19.1 Å². The molecule has 1 aromatic rings. The molecule has 0 radical (unpaired) electrons. The zero-order chi connectivity index (χ0) is 7.68. The predicted octanol–water partition coefficient (Wildman–Crippen LogP) is 2.59. The number of benzene rings is 1. The van der Waals surface area contributed by atoms with E-state index < -0.39 is 0 Å². The minimum absolute atomic E-state index is 0.606. The van der Waals surface area contributed by atoms with Gasteiger partial charge in [0.05, 0.1) is 0 Å². The summed E-state index contributed by atoms with van der Waals surface area (Å²) in [5, 5.41) is 3.44. The van der Waals surface area contributed by atoms with Crippen LogP contribution in [0.3, 0.4) is 0 Å². The van der Waals surface area contributed by atoms with Crippen LogP contribution in [0, 0.1) is 0 Å². The van der Waals surface area contributed by atoms with Gasteiger partial charge in [-0.2, -0.15) is 0 Å². The van der Waals surface area contributed by atoms with Crippen LogP contribution in [0.25, 0.3) is 0 Å². The van der Waals surface area contributed by atoms with Crippen molar-refractivity contribution >= 4 is 17.4 Å². The second-order valence-corrected chi connectivity index (χ2v) is 3.91. The van der Waals surface area contributed by atoms with Crippen LogP contribution >= 0.6 is 11.8 Å². The molecule has 0 amide bonds. The Morgan fingerprint density at radius 1 is 1.45 bits per heavy atom. The molecule has 0 bridgehead atoms. The molecule has 1 aromatic carbocycles. The SMILES string of the molecule is C[C@@H]1CSc2ccccc2N1. The van der Waals surface area contributed by atoms with E-state index in [1.54, 1.807) is 0 Å². The van der Waals surface area contributed by atoms with E-state index in [1.165, 1.54) is 16.3 Å². The molecule has 2 heteroatoms. The maximum absolute atomic E-state index is 3.44. The lowest BCUT2D eigenvalue weighted by molar-refractivity contribution is 0.895. The Balaban J connectivity index is 2.34. The predicted molar refractivity (Wildman–Crippen MR) is 50.3 cm³/mol. The first kappa shape index (κ1) is 7.04. The van der Waals surface area contributed by atoms with Gasteiger partial charge in [0, 0.05) is 22.4 Å². The van der Waals surface area contributed by atoms with Crippen LogP contribution in [0.5, 0.6) is 0 Å². The van der Waals surface area contributed by atoms with Gasteiger partial charge in [-0.15, -0.1) is 11.8 Å². The average Bonchev–Trinajstić information content (AvgIpc) is 2.04. The number of nitrogens with one attached hydrogen (secondary N) is 1. The van der Waals surface area contributed by atoms with Crippen LogP contribution in [-0.4, -0.2) is 11.8 Å². The van der Waals surface area contributed by atoms with Gasteiger partial charge in [0.1, 0.15) is 0 Å². The normalized spacial score (nSPS) is 22.1. The highest BCUT2D eigenvalue weighted by Crippen LogP contribution is 2.32. The van der Waals surface area contributed by atoms with Gasteiger partial charge in [0.15, 0.2) is 0 Å². The first-order valence-corrected chi connectivity index (χ1v) is 4.83. The number of hydrogen-bond acceptors (Lipinski definition) is 2. The van der Waals surface area contributed by atoms with Gasteiger partial charge in [-0.25, -0.2) is 0 Å². The third-order valence-electron chi connectivity index (χ3n) is 1.78. The van der Waals surface area contributed by atoms with Crippen LogP contribution in [-0.2, 0) is 0 Å². The molecule has 0 spiro atoms. The van der Waals surface area contributed by atoms with E-state index in [0.717, 1.165) is 0 Å². The Bertz CT molecular complexity index is 259. The lowest BCUT2D eigenvalue weighted by Crippen LogP contribution is -2.21. The largest absolute Gasteiger partial charge is 0.381 e. The lowest BCUT2D eigenvalue weighted by atomic mass is 10.3. The summed E-state index contributed by atoms with van der Waals surface area (Å²) in [6.45, 7) is 2.21. The Morgan fingerprint density at radius 2 is 2.27 bits per heavy atom. The lowest BCUT2D eigenvalue weighted by Gasteiger charge is -2.22. The molecular weight excluding hydrogens is 154 g/mol. The molecule has 0 aromatic heterocycles. The Morgan fingerprint density at radius 3 is 3.18 bits per heavy atom. The first-order valence-electron chi connectivity index (χ1n) is 3.84. The minimum Gasteiger partial charge on any atom is -0.381 e. The van der Waals surface area contributed by atoms with Crippen molar-refractivity contribution in [1.29, 1.82) is 0 Å². The zero-order valence-corrected chi connectivity index (χ0v) is 7.32. The van der Waals surface area contributed by atoms with Crippen LogP contribution in [0.1, 0.15) is 6.92 Å². The Hall–Kier alpha value is -0.630. The molecule has 1 aliphatic rings. The number of hydrogen-bond donors (Lipinski definition) is 1. The van der Waals surface area contributed by atoms with Gasteiger partial charge >= 0.3 is 0 Å². The van der Waals surface area contributed by atoms with Crippen LogP contribution in [0.2, 0.25) is 0 Å². The Kier molecular flexibility index (Phi) is 1.78. The van der Waals surface area contributed by atoms with Crippen molar-refractivity contribution < 1.29 is 0 Å². The molecule has 1 heterocycles. The van der Waals surface area contributed by atoms with Crippen molar-refractivity contribution in [3.05, 3.63) is 24.3 Å². The van der Waals surface area contributed by atoms with Gasteiger partial charge in [-0.1, -0.05) is 12.1 Å². The van der Waals surface area contributed by atoms with Crippen molar-refractivity contribution in [1.82, 2.24) is 0 Å². The fourth-order valence-electron chi connectivity index (χ4n) is 1.23. The fraction of sp³-hybridized carbons (Fsp3) is 0.333. The third kappa shape index (κ3) is 1.36. The van der Waals surface area contributed by atoms with Crippen molar-refractivity contribution in [2.45, 2.75) is 17.9 Å². The monoisotopic (exact) mass is 165 g/mol. The van der Waals surface area contributed by atoms with E-state index in [0.29, 0.717) is 6.04 Å². The van der Waals surface area contributed by atoms with E-state index in [4.69, 9.17) is 0 Å². The molecular formula is C9H11NS. The molecule has 1 atom stereocenters. The molecule has 1 N–H and O–H groups in total. The van der Waals surface area contributed by atoms with E-state index >= 15 is 0 Å². The molecule has 11 heavy (non-hydrogen) atoms. The molecule has 58 valence electrons. The highest BCUT2D eigenvalue weighted by Gasteiger charge is 2.12. The summed E-state index contributed by atoms with van der Waals surface area (Å²) in [6, 6.07) is 9.07. The topological polar surface area (TPSA) is 12.0 Å². The summed E-state index contributed by atoms with van der Waals surface area (Å²) >= 11 is 1.93. The molecule has 0 saturated carbocycles. The number of anilines is 1. The fourth-order valence-corrected chi connectivity index (χ4v) is 2.20. The number of rotatable bonds is 0. The van der Waals surface area contributed by atoms with Crippen molar-refractivity contribution in [2.24, 2.45) is 0 Å². The molecule has 0 aliphatic carbocycles. The second kappa shape index (κ2) is 2.78. The van der Waals surface area contributed by atoms with Gasteiger partial charge in [0.2, 0.25) is 0 Å². The first-order chi connectivity index (χ1) is 5.36. The zero-order valence-electron chi connectivity index (χ0n) is 6.50. The average molecular weight is 165 g/mol. The summed E-state index contributed by atoms with van der Waals surface area (Å²) in [5.74, 6) is 1.18. The van der Waals surface area contributed by atoms with Crippen LogP contribution in [0.15, 0.2) is 29.2 Å². The summed E-state index contributed by atoms with van der Waals surface area (Å²) in [7, 11) is 0. The maximum Gasteiger partial charge on any atom is 0.0480 e. The van der Waals surface area contributed by atoms with E-state index in [-0.39, 0.29) is 0 Å². The summed E-state index contributed by atoms with van der Waals surface area (Å²) < 4.78 is 0. The number of fused-ring (bicyclic) bond motifs is 1. The molecule has 0 saturated heterocycles. The Labute approximate surface area is 71.2 Å². The standard InChI is InChI=1S/C9H11NS/c1-7-6-11-9-5-3-2-4-8(9)10-7/h2-5,7,10H,6H2,1H3/t7-/m1/s1.